The molecule has 2 aromatic rings. The summed E-state index contributed by atoms with van der Waals surface area (Å²) >= 11 is 4.60. The minimum atomic E-state index is 0.360. The molecule has 0 aromatic carbocycles. The molecule has 17 heavy (non-hydrogen) atoms. The zero-order valence-corrected chi connectivity index (χ0v) is 12.4. The van der Waals surface area contributed by atoms with Gasteiger partial charge in [-0.1, -0.05) is 20.8 Å². The second-order valence-electron chi connectivity index (χ2n) is 4.06. The highest BCUT2D eigenvalue weighted by Gasteiger charge is 2.18. The van der Waals surface area contributed by atoms with Crippen LogP contribution in [0.5, 0.6) is 0 Å². The molecule has 92 valence electrons. The average molecular weight is 316 g/mol. The molecule has 0 spiro atoms. The normalized spacial score (nSPS) is 11.4. The van der Waals surface area contributed by atoms with Gasteiger partial charge in [0.1, 0.15) is 5.82 Å². The molecule has 0 aliphatic heterocycles. The Labute approximate surface area is 113 Å². The van der Waals surface area contributed by atoms with Gasteiger partial charge in [-0.3, -0.25) is 0 Å². The minimum absolute atomic E-state index is 0.360. The third-order valence-electron chi connectivity index (χ3n) is 2.34. The van der Waals surface area contributed by atoms with E-state index in [1.165, 1.54) is 11.5 Å². The van der Waals surface area contributed by atoms with Gasteiger partial charge in [-0.05, 0) is 33.9 Å². The van der Waals surface area contributed by atoms with Gasteiger partial charge >= 0.3 is 0 Å². The predicted molar refractivity (Wildman–Crippen MR) is 71.0 cm³/mol. The van der Waals surface area contributed by atoms with E-state index in [1.807, 2.05) is 0 Å². The molecule has 0 aliphatic rings. The second kappa shape index (κ2) is 5.22. The first kappa shape index (κ1) is 12.6. The topological polar surface area (TPSA) is 56.5 Å². The quantitative estimate of drug-likeness (QED) is 0.870. The number of nitrogens with zero attached hydrogens (tertiary/aromatic N) is 5. The van der Waals surface area contributed by atoms with E-state index < -0.39 is 0 Å². The summed E-state index contributed by atoms with van der Waals surface area (Å²) in [5.74, 6) is 2.19. The smallest absolute Gasteiger partial charge is 0.209 e. The highest BCUT2D eigenvalue weighted by Crippen LogP contribution is 2.25. The van der Waals surface area contributed by atoms with Gasteiger partial charge in [0.25, 0.3) is 0 Å². The van der Waals surface area contributed by atoms with Crippen LogP contribution in [0.3, 0.4) is 0 Å². The maximum Gasteiger partial charge on any atom is 0.209 e. The molecule has 0 fully saturated rings. The van der Waals surface area contributed by atoms with Crippen molar-refractivity contribution in [2.75, 3.05) is 0 Å². The molecule has 0 aliphatic carbocycles. The molecule has 0 unspecified atom stereocenters. The van der Waals surface area contributed by atoms with E-state index in [0.29, 0.717) is 10.7 Å². The predicted octanol–water partition coefficient (Wildman–Crippen LogP) is 3.09. The Kier molecular flexibility index (Phi) is 3.88. The highest BCUT2D eigenvalue weighted by molar-refractivity contribution is 9.10. The number of aromatic nitrogens is 5. The van der Waals surface area contributed by atoms with Gasteiger partial charge in [0, 0.05) is 12.5 Å². The van der Waals surface area contributed by atoms with Gasteiger partial charge in [0.15, 0.2) is 10.8 Å². The van der Waals surface area contributed by atoms with Crippen molar-refractivity contribution in [2.24, 2.45) is 0 Å². The molecule has 2 aromatic heterocycles. The third kappa shape index (κ3) is 2.55. The van der Waals surface area contributed by atoms with E-state index >= 15 is 0 Å². The molecule has 0 atom stereocenters. The number of hydrogen-bond donors (Lipinski definition) is 0. The molecule has 0 bridgehead atoms. The van der Waals surface area contributed by atoms with Crippen molar-refractivity contribution in [2.45, 2.75) is 39.7 Å². The Morgan fingerprint density at radius 1 is 1.35 bits per heavy atom. The van der Waals surface area contributed by atoms with Crippen LogP contribution in [0.1, 0.15) is 38.9 Å². The van der Waals surface area contributed by atoms with E-state index in [4.69, 9.17) is 0 Å². The van der Waals surface area contributed by atoms with Crippen LogP contribution in [0.25, 0.3) is 10.8 Å². The summed E-state index contributed by atoms with van der Waals surface area (Å²) in [7, 11) is 0. The largest absolute Gasteiger partial charge is 0.309 e. The summed E-state index contributed by atoms with van der Waals surface area (Å²) in [6.07, 6.45) is 1.05. The summed E-state index contributed by atoms with van der Waals surface area (Å²) in [6, 6.07) is 0. The zero-order chi connectivity index (χ0) is 12.4. The van der Waals surface area contributed by atoms with Gasteiger partial charge in [0.2, 0.25) is 4.73 Å². The van der Waals surface area contributed by atoms with E-state index in [2.05, 4.69) is 60.8 Å². The lowest BCUT2D eigenvalue weighted by molar-refractivity contribution is 0.614. The number of halogens is 1. The van der Waals surface area contributed by atoms with Gasteiger partial charge in [-0.15, -0.1) is 10.2 Å². The molecule has 2 rings (SSSR count). The van der Waals surface area contributed by atoms with Crippen molar-refractivity contribution in [1.82, 2.24) is 24.1 Å². The molecule has 0 saturated heterocycles. The van der Waals surface area contributed by atoms with Gasteiger partial charge in [-0.2, -0.15) is 4.37 Å². The first-order valence-electron chi connectivity index (χ1n) is 5.56. The fourth-order valence-electron chi connectivity index (χ4n) is 1.64. The zero-order valence-electron chi connectivity index (χ0n) is 10.0. The van der Waals surface area contributed by atoms with Crippen LogP contribution >= 0.6 is 27.5 Å². The molecule has 0 saturated carbocycles. The van der Waals surface area contributed by atoms with E-state index in [0.717, 1.165) is 29.6 Å². The van der Waals surface area contributed by atoms with Crippen molar-refractivity contribution in [3.8, 4) is 10.8 Å². The Morgan fingerprint density at radius 2 is 2.12 bits per heavy atom. The van der Waals surface area contributed by atoms with Gasteiger partial charge in [0.05, 0.1) is 0 Å². The van der Waals surface area contributed by atoms with Gasteiger partial charge in [-0.25, -0.2) is 4.98 Å². The standard InChI is InChI=1S/C10H14BrN5S/c1-4-5-16-7(6(2)3)13-14-8(16)9-12-10(11)15-17-9/h6H,4-5H2,1-3H3. The van der Waals surface area contributed by atoms with E-state index in [-0.39, 0.29) is 0 Å². The Balaban J connectivity index is 2.46. The van der Waals surface area contributed by atoms with Crippen molar-refractivity contribution < 1.29 is 0 Å². The lowest BCUT2D eigenvalue weighted by Gasteiger charge is -2.09. The number of hydrogen-bond acceptors (Lipinski definition) is 5. The maximum absolute atomic E-state index is 4.30. The van der Waals surface area contributed by atoms with Crippen molar-refractivity contribution in [3.63, 3.8) is 0 Å². The first-order chi connectivity index (χ1) is 8.13. The van der Waals surface area contributed by atoms with Crippen LogP contribution in [-0.2, 0) is 6.54 Å². The molecule has 5 nitrogen and oxygen atoms in total. The molecule has 2 heterocycles. The summed E-state index contributed by atoms with van der Waals surface area (Å²) in [5.41, 5.74) is 0. The molecule has 0 amide bonds. The van der Waals surface area contributed by atoms with Crippen LogP contribution in [-0.4, -0.2) is 24.1 Å². The van der Waals surface area contributed by atoms with Crippen LogP contribution < -0.4 is 0 Å². The summed E-state index contributed by atoms with van der Waals surface area (Å²) in [4.78, 5) is 4.30. The average Bonchev–Trinajstić information content (AvgIpc) is 2.85. The molecular weight excluding hydrogens is 302 g/mol. The van der Waals surface area contributed by atoms with E-state index in [9.17, 15) is 0 Å². The first-order valence-corrected chi connectivity index (χ1v) is 7.12. The highest BCUT2D eigenvalue weighted by atomic mass is 79.9. The molecule has 7 heteroatoms. The summed E-state index contributed by atoms with van der Waals surface area (Å²) in [5, 5.41) is 9.31. The lowest BCUT2D eigenvalue weighted by atomic mass is 10.2. The molecular formula is C10H14BrN5S. The van der Waals surface area contributed by atoms with Crippen LogP contribution in [0.4, 0.5) is 0 Å². The molecule has 0 radical (unpaired) electrons. The molecule has 0 N–H and O–H groups in total. The van der Waals surface area contributed by atoms with Crippen LogP contribution in [0.2, 0.25) is 0 Å². The second-order valence-corrected chi connectivity index (χ2v) is 5.52. The van der Waals surface area contributed by atoms with Crippen molar-refractivity contribution >= 4 is 27.5 Å². The monoisotopic (exact) mass is 315 g/mol. The summed E-state index contributed by atoms with van der Waals surface area (Å²) in [6.45, 7) is 7.29. The number of rotatable bonds is 4. The Bertz CT molecular complexity index is 505. The Hall–Kier alpha value is -0.820. The fourth-order valence-corrected chi connectivity index (χ4v) is 2.72. The van der Waals surface area contributed by atoms with Crippen molar-refractivity contribution in [3.05, 3.63) is 10.6 Å². The lowest BCUT2D eigenvalue weighted by Crippen LogP contribution is -2.06. The van der Waals surface area contributed by atoms with Gasteiger partial charge < -0.3 is 4.57 Å². The maximum atomic E-state index is 4.30. The Morgan fingerprint density at radius 3 is 2.65 bits per heavy atom. The fraction of sp³-hybridized carbons (Fsp3) is 0.600. The minimum Gasteiger partial charge on any atom is -0.309 e. The van der Waals surface area contributed by atoms with Crippen LogP contribution in [0, 0.1) is 0 Å². The SMILES string of the molecule is CCCn1c(-c2nc(Br)ns2)nnc1C(C)C. The van der Waals surface area contributed by atoms with Crippen molar-refractivity contribution in [1.29, 1.82) is 0 Å². The van der Waals surface area contributed by atoms with E-state index in [1.54, 1.807) is 0 Å². The van der Waals surface area contributed by atoms with Crippen LogP contribution in [0.15, 0.2) is 4.73 Å². The summed E-state index contributed by atoms with van der Waals surface area (Å²) < 4.78 is 6.86. The third-order valence-corrected chi connectivity index (χ3v) is 3.64.